The molecule has 0 amide bonds. The monoisotopic (exact) mass is 370 g/mol. The van der Waals surface area contributed by atoms with E-state index in [0.29, 0.717) is 5.39 Å². The molecule has 0 saturated carbocycles. The van der Waals surface area contributed by atoms with Crippen molar-refractivity contribution in [1.29, 1.82) is 0 Å². The van der Waals surface area contributed by atoms with Gasteiger partial charge in [-0.2, -0.15) is 0 Å². The predicted molar refractivity (Wildman–Crippen MR) is 99.4 cm³/mol. The van der Waals surface area contributed by atoms with Gasteiger partial charge < -0.3 is 0 Å². The highest BCUT2D eigenvalue weighted by atomic mass is 19.2. The van der Waals surface area contributed by atoms with Crippen LogP contribution in [0.1, 0.15) is 42.9 Å². The highest BCUT2D eigenvalue weighted by Gasteiger charge is 2.10. The van der Waals surface area contributed by atoms with E-state index in [1.807, 2.05) is 12.1 Å². The Balaban J connectivity index is 1.91. The molecule has 0 aliphatic rings. The fourth-order valence-electron chi connectivity index (χ4n) is 2.94. The molecule has 0 heterocycles. The second-order valence-corrected chi connectivity index (χ2v) is 6.44. The first-order chi connectivity index (χ1) is 13.0. The van der Waals surface area contributed by atoms with Crippen molar-refractivity contribution < 1.29 is 17.6 Å². The van der Waals surface area contributed by atoms with Crippen LogP contribution in [0.25, 0.3) is 10.8 Å². The number of fused-ring (bicyclic) bond motifs is 1. The Labute approximate surface area is 155 Å². The molecule has 0 saturated heterocycles. The third-order valence-electron chi connectivity index (χ3n) is 4.41. The van der Waals surface area contributed by atoms with Crippen molar-refractivity contribution in [1.82, 2.24) is 0 Å². The lowest BCUT2D eigenvalue weighted by Crippen LogP contribution is -1.92. The summed E-state index contributed by atoms with van der Waals surface area (Å²) in [5.41, 5.74) is 1.22. The molecule has 0 fully saturated rings. The average Bonchev–Trinajstić information content (AvgIpc) is 2.65. The zero-order valence-corrected chi connectivity index (χ0v) is 14.9. The van der Waals surface area contributed by atoms with E-state index in [0.717, 1.165) is 48.8 Å². The maximum absolute atomic E-state index is 14.7. The van der Waals surface area contributed by atoms with Crippen molar-refractivity contribution in [3.8, 4) is 11.8 Å². The Bertz CT molecular complexity index is 1020. The van der Waals surface area contributed by atoms with Crippen LogP contribution in [0.4, 0.5) is 17.6 Å². The summed E-state index contributed by atoms with van der Waals surface area (Å²) in [6, 6.07) is 10.5. The maximum Gasteiger partial charge on any atom is 0.194 e. The third-order valence-corrected chi connectivity index (χ3v) is 4.41. The number of aryl methyl sites for hydroxylation is 1. The lowest BCUT2D eigenvalue weighted by molar-refractivity contribution is 0.446. The van der Waals surface area contributed by atoms with Crippen LogP contribution in [0.3, 0.4) is 0 Å². The molecule has 4 heteroatoms. The average molecular weight is 370 g/mol. The van der Waals surface area contributed by atoms with Crippen LogP contribution in [0.2, 0.25) is 0 Å². The highest BCUT2D eigenvalue weighted by Crippen LogP contribution is 2.23. The molecule has 0 N–H and O–H groups in total. The standard InChI is InChI=1S/C23H18F4/c1-2-3-4-5-15-7-11-19-18(12-15)10-9-17(22(19)26)8-6-16-13-20(24)23(27)21(25)14-16/h7,9-14H,2-5H2,1H3. The van der Waals surface area contributed by atoms with E-state index in [1.54, 1.807) is 12.1 Å². The molecular weight excluding hydrogens is 352 g/mol. The van der Waals surface area contributed by atoms with Gasteiger partial charge in [-0.15, -0.1) is 0 Å². The summed E-state index contributed by atoms with van der Waals surface area (Å²) in [6.07, 6.45) is 4.35. The summed E-state index contributed by atoms with van der Waals surface area (Å²) in [6.45, 7) is 2.15. The largest absolute Gasteiger partial charge is 0.205 e. The van der Waals surface area contributed by atoms with Gasteiger partial charge in [0.15, 0.2) is 17.5 Å². The number of hydrogen-bond donors (Lipinski definition) is 0. The molecule has 0 aliphatic carbocycles. The van der Waals surface area contributed by atoms with Crippen molar-refractivity contribution >= 4 is 10.8 Å². The molecule has 0 aromatic heterocycles. The van der Waals surface area contributed by atoms with Gasteiger partial charge in [0.05, 0.1) is 5.56 Å². The van der Waals surface area contributed by atoms with Gasteiger partial charge in [-0.05, 0) is 42.0 Å². The van der Waals surface area contributed by atoms with Crippen LogP contribution >= 0.6 is 0 Å². The maximum atomic E-state index is 14.7. The van der Waals surface area contributed by atoms with Crippen molar-refractivity contribution in [2.45, 2.75) is 32.6 Å². The van der Waals surface area contributed by atoms with Crippen molar-refractivity contribution in [3.63, 3.8) is 0 Å². The number of halogens is 4. The lowest BCUT2D eigenvalue weighted by Gasteiger charge is -2.06. The predicted octanol–water partition coefficient (Wildman–Crippen LogP) is 6.53. The summed E-state index contributed by atoms with van der Waals surface area (Å²) >= 11 is 0. The Morgan fingerprint density at radius 1 is 0.778 bits per heavy atom. The Morgan fingerprint density at radius 3 is 2.22 bits per heavy atom. The molecule has 3 aromatic rings. The van der Waals surface area contributed by atoms with Gasteiger partial charge >= 0.3 is 0 Å². The van der Waals surface area contributed by atoms with Crippen LogP contribution < -0.4 is 0 Å². The topological polar surface area (TPSA) is 0 Å². The minimum atomic E-state index is -1.55. The van der Waals surface area contributed by atoms with Crippen molar-refractivity contribution in [3.05, 3.63) is 82.4 Å². The lowest BCUT2D eigenvalue weighted by atomic mass is 10.0. The first-order valence-electron chi connectivity index (χ1n) is 8.87. The van der Waals surface area contributed by atoms with Crippen LogP contribution in [-0.2, 0) is 6.42 Å². The molecule has 0 nitrogen and oxygen atoms in total. The van der Waals surface area contributed by atoms with Gasteiger partial charge in [0.25, 0.3) is 0 Å². The van der Waals surface area contributed by atoms with Gasteiger partial charge in [-0.25, -0.2) is 17.6 Å². The Hall–Kier alpha value is -2.80. The Morgan fingerprint density at radius 2 is 1.52 bits per heavy atom. The molecule has 138 valence electrons. The number of unbranched alkanes of at least 4 members (excludes halogenated alkanes) is 2. The molecule has 0 radical (unpaired) electrons. The van der Waals surface area contributed by atoms with Crippen molar-refractivity contribution in [2.75, 3.05) is 0 Å². The van der Waals surface area contributed by atoms with E-state index in [2.05, 4.69) is 18.8 Å². The fraction of sp³-hybridized carbons (Fsp3) is 0.217. The van der Waals surface area contributed by atoms with E-state index >= 15 is 0 Å². The molecule has 0 atom stereocenters. The minimum Gasteiger partial charge on any atom is -0.205 e. The minimum absolute atomic E-state index is 0.0582. The molecule has 3 aromatic carbocycles. The smallest absolute Gasteiger partial charge is 0.194 e. The first kappa shape index (κ1) is 19.0. The molecule has 0 unspecified atom stereocenters. The number of rotatable bonds is 4. The zero-order valence-electron chi connectivity index (χ0n) is 14.9. The normalized spacial score (nSPS) is 10.7. The summed E-state index contributed by atoms with van der Waals surface area (Å²) in [7, 11) is 0. The number of hydrogen-bond acceptors (Lipinski definition) is 0. The molecule has 3 rings (SSSR count). The SMILES string of the molecule is CCCCCc1ccc2c(F)c(C#Cc3cc(F)c(F)c(F)c3)ccc2c1. The van der Waals surface area contributed by atoms with Crippen LogP contribution in [0, 0.1) is 35.1 Å². The molecule has 0 bridgehead atoms. The third kappa shape index (κ3) is 4.31. The van der Waals surface area contributed by atoms with E-state index in [-0.39, 0.29) is 11.1 Å². The quantitative estimate of drug-likeness (QED) is 0.212. The molecule has 0 aliphatic heterocycles. The summed E-state index contributed by atoms with van der Waals surface area (Å²) < 4.78 is 54.2. The van der Waals surface area contributed by atoms with Crippen LogP contribution in [-0.4, -0.2) is 0 Å². The summed E-state index contributed by atoms with van der Waals surface area (Å²) in [5.74, 6) is 0.373. The van der Waals surface area contributed by atoms with Crippen LogP contribution in [0.5, 0.6) is 0 Å². The Kier molecular flexibility index (Phi) is 5.81. The number of benzene rings is 3. The van der Waals surface area contributed by atoms with E-state index < -0.39 is 23.3 Å². The van der Waals surface area contributed by atoms with Crippen LogP contribution in [0.15, 0.2) is 42.5 Å². The van der Waals surface area contributed by atoms with E-state index in [9.17, 15) is 17.6 Å². The molecule has 27 heavy (non-hydrogen) atoms. The van der Waals surface area contributed by atoms with Gasteiger partial charge in [0.1, 0.15) is 5.82 Å². The van der Waals surface area contributed by atoms with Gasteiger partial charge in [0, 0.05) is 10.9 Å². The summed E-state index contributed by atoms with van der Waals surface area (Å²) in [5, 5.41) is 1.23. The highest BCUT2D eigenvalue weighted by molar-refractivity contribution is 5.85. The molecular formula is C23H18F4. The molecule has 0 spiro atoms. The van der Waals surface area contributed by atoms with E-state index in [1.165, 1.54) is 6.07 Å². The second kappa shape index (κ2) is 8.26. The zero-order chi connectivity index (χ0) is 19.4. The van der Waals surface area contributed by atoms with E-state index in [4.69, 9.17) is 0 Å². The first-order valence-corrected chi connectivity index (χ1v) is 8.87. The van der Waals surface area contributed by atoms with Gasteiger partial charge in [-0.1, -0.05) is 55.9 Å². The van der Waals surface area contributed by atoms with Crippen molar-refractivity contribution in [2.24, 2.45) is 0 Å². The second-order valence-electron chi connectivity index (χ2n) is 6.44. The summed E-state index contributed by atoms with van der Waals surface area (Å²) in [4.78, 5) is 0. The van der Waals surface area contributed by atoms with Gasteiger partial charge in [-0.3, -0.25) is 0 Å². The fourth-order valence-corrected chi connectivity index (χ4v) is 2.94. The van der Waals surface area contributed by atoms with Gasteiger partial charge in [0.2, 0.25) is 0 Å².